The van der Waals surface area contributed by atoms with E-state index in [0.717, 1.165) is 25.7 Å². The van der Waals surface area contributed by atoms with Gasteiger partial charge in [0.05, 0.1) is 13.1 Å². The summed E-state index contributed by atoms with van der Waals surface area (Å²) in [7, 11) is 0. The van der Waals surface area contributed by atoms with Crippen LogP contribution in [0.1, 0.15) is 32.6 Å². The van der Waals surface area contributed by atoms with Crippen LogP contribution in [-0.4, -0.2) is 58.0 Å². The van der Waals surface area contributed by atoms with E-state index in [0.29, 0.717) is 25.6 Å². The Hall–Kier alpha value is -1.10. The van der Waals surface area contributed by atoms with Gasteiger partial charge in [0.1, 0.15) is 11.6 Å². The van der Waals surface area contributed by atoms with Crippen molar-refractivity contribution < 1.29 is 14.7 Å². The predicted molar refractivity (Wildman–Crippen MR) is 64.7 cm³/mol. The Morgan fingerprint density at radius 3 is 2.44 bits per heavy atom. The monoisotopic (exact) mass is 252 g/mol. The molecule has 3 rings (SSSR count). The number of hydrogen-bond acceptors (Lipinski definition) is 3. The minimum atomic E-state index is -0.630. The van der Waals surface area contributed by atoms with E-state index in [1.165, 1.54) is 6.92 Å². The second kappa shape index (κ2) is 3.95. The average Bonchev–Trinajstić information content (AvgIpc) is 3.01. The van der Waals surface area contributed by atoms with Crippen LogP contribution in [0.5, 0.6) is 0 Å². The summed E-state index contributed by atoms with van der Waals surface area (Å²) in [4.78, 5) is 27.1. The molecule has 0 aromatic carbocycles. The van der Waals surface area contributed by atoms with Crippen molar-refractivity contribution in [1.29, 1.82) is 0 Å². The Bertz CT molecular complexity index is 386. The van der Waals surface area contributed by atoms with E-state index < -0.39 is 5.60 Å². The number of carbonyl (C=O) groups is 2. The molecule has 0 spiro atoms. The van der Waals surface area contributed by atoms with Crippen LogP contribution >= 0.6 is 0 Å². The predicted octanol–water partition coefficient (Wildman–Crippen LogP) is -0.0194. The zero-order valence-electron chi connectivity index (χ0n) is 10.8. The summed E-state index contributed by atoms with van der Waals surface area (Å²) in [5, 5.41) is 10.2. The summed E-state index contributed by atoms with van der Waals surface area (Å²) < 4.78 is 0. The lowest BCUT2D eigenvalue weighted by atomic mass is 9.88. The summed E-state index contributed by atoms with van der Waals surface area (Å²) >= 11 is 0. The topological polar surface area (TPSA) is 60.9 Å². The van der Waals surface area contributed by atoms with E-state index in [-0.39, 0.29) is 17.9 Å². The first kappa shape index (κ1) is 12.0. The molecular weight excluding hydrogens is 232 g/mol. The molecule has 100 valence electrons. The number of aliphatic hydroxyl groups is 1. The number of hydrogen-bond donors (Lipinski definition) is 1. The van der Waals surface area contributed by atoms with Gasteiger partial charge in [-0.15, -0.1) is 0 Å². The first-order chi connectivity index (χ1) is 8.51. The van der Waals surface area contributed by atoms with Gasteiger partial charge in [0.2, 0.25) is 11.8 Å². The van der Waals surface area contributed by atoms with Crippen LogP contribution in [0, 0.1) is 5.92 Å². The second-order valence-corrected chi connectivity index (χ2v) is 5.94. The van der Waals surface area contributed by atoms with Crippen molar-refractivity contribution >= 4 is 11.8 Å². The highest BCUT2D eigenvalue weighted by Crippen LogP contribution is 2.44. The van der Waals surface area contributed by atoms with Gasteiger partial charge in [-0.25, -0.2) is 0 Å². The Labute approximate surface area is 107 Å². The molecule has 1 N–H and O–H groups in total. The van der Waals surface area contributed by atoms with Crippen LogP contribution < -0.4 is 0 Å². The second-order valence-electron chi connectivity index (χ2n) is 5.94. The molecule has 5 nitrogen and oxygen atoms in total. The fraction of sp³-hybridized carbons (Fsp3) is 0.846. The lowest BCUT2D eigenvalue weighted by molar-refractivity contribution is -0.165. The molecule has 1 saturated carbocycles. The molecule has 1 unspecified atom stereocenters. The molecular formula is C13H20N2O3. The Kier molecular flexibility index (Phi) is 2.62. The molecule has 18 heavy (non-hydrogen) atoms. The fourth-order valence-corrected chi connectivity index (χ4v) is 3.26. The number of likely N-dealkylation sites (tertiary alicyclic amines) is 2. The van der Waals surface area contributed by atoms with Crippen LogP contribution in [0.15, 0.2) is 0 Å². The molecule has 2 aliphatic heterocycles. The van der Waals surface area contributed by atoms with Crippen LogP contribution in [0.25, 0.3) is 0 Å². The van der Waals surface area contributed by atoms with Crippen molar-refractivity contribution in [3.05, 3.63) is 0 Å². The van der Waals surface area contributed by atoms with E-state index in [2.05, 4.69) is 0 Å². The van der Waals surface area contributed by atoms with Crippen molar-refractivity contribution in [2.75, 3.05) is 19.6 Å². The lowest BCUT2D eigenvalue weighted by Crippen LogP contribution is -2.67. The molecule has 0 aromatic heterocycles. The number of amides is 2. The molecule has 3 fully saturated rings. The Morgan fingerprint density at radius 2 is 1.89 bits per heavy atom. The van der Waals surface area contributed by atoms with Gasteiger partial charge in [-0.05, 0) is 31.6 Å². The molecule has 1 aliphatic carbocycles. The average molecular weight is 252 g/mol. The number of rotatable bonds is 2. The summed E-state index contributed by atoms with van der Waals surface area (Å²) in [5.74, 6) is 0.394. The molecule has 2 saturated heterocycles. The standard InChI is InChI=1S/C13H20N2O3/c1-9(16)15-6-2-3-11(15)12(17)14-7-13(18,8-14)10-4-5-10/h10-11,18H,2-8H2,1H3. The van der Waals surface area contributed by atoms with Gasteiger partial charge in [-0.2, -0.15) is 0 Å². The van der Waals surface area contributed by atoms with Gasteiger partial charge in [0, 0.05) is 13.5 Å². The van der Waals surface area contributed by atoms with Gasteiger partial charge < -0.3 is 14.9 Å². The zero-order valence-corrected chi connectivity index (χ0v) is 10.8. The minimum Gasteiger partial charge on any atom is -0.386 e. The van der Waals surface area contributed by atoms with Gasteiger partial charge in [-0.1, -0.05) is 0 Å². The summed E-state index contributed by atoms with van der Waals surface area (Å²) in [5.41, 5.74) is -0.630. The molecule has 1 atom stereocenters. The number of β-amino-alcohol motifs (C(OH)–C–C–N with tert-alkyl or cyclic N) is 1. The van der Waals surface area contributed by atoms with Crippen LogP contribution in [0.2, 0.25) is 0 Å². The molecule has 2 amide bonds. The third kappa shape index (κ3) is 1.81. The van der Waals surface area contributed by atoms with Crippen LogP contribution in [-0.2, 0) is 9.59 Å². The van der Waals surface area contributed by atoms with Crippen molar-refractivity contribution in [2.45, 2.75) is 44.2 Å². The van der Waals surface area contributed by atoms with Gasteiger partial charge in [-0.3, -0.25) is 9.59 Å². The van der Waals surface area contributed by atoms with Crippen molar-refractivity contribution in [2.24, 2.45) is 5.92 Å². The Morgan fingerprint density at radius 1 is 1.22 bits per heavy atom. The highest BCUT2D eigenvalue weighted by Gasteiger charge is 2.54. The maximum Gasteiger partial charge on any atom is 0.245 e. The summed E-state index contributed by atoms with van der Waals surface area (Å²) in [6, 6.07) is -0.286. The molecule has 0 radical (unpaired) electrons. The highest BCUT2D eigenvalue weighted by atomic mass is 16.3. The third-order valence-corrected chi connectivity index (χ3v) is 4.52. The molecule has 0 bridgehead atoms. The fourth-order valence-electron chi connectivity index (χ4n) is 3.26. The van der Waals surface area contributed by atoms with E-state index in [4.69, 9.17) is 0 Å². The van der Waals surface area contributed by atoms with Crippen molar-refractivity contribution in [3.63, 3.8) is 0 Å². The third-order valence-electron chi connectivity index (χ3n) is 4.52. The van der Waals surface area contributed by atoms with Crippen molar-refractivity contribution in [1.82, 2.24) is 9.80 Å². The van der Waals surface area contributed by atoms with Crippen LogP contribution in [0.4, 0.5) is 0 Å². The summed E-state index contributed by atoms with van der Waals surface area (Å²) in [6.45, 7) is 3.12. The maximum atomic E-state index is 12.3. The largest absolute Gasteiger partial charge is 0.386 e. The zero-order chi connectivity index (χ0) is 12.9. The van der Waals surface area contributed by atoms with Crippen LogP contribution in [0.3, 0.4) is 0 Å². The van der Waals surface area contributed by atoms with E-state index >= 15 is 0 Å². The van der Waals surface area contributed by atoms with E-state index in [1.54, 1.807) is 9.80 Å². The number of nitrogens with zero attached hydrogens (tertiary/aromatic N) is 2. The minimum absolute atomic E-state index is 0.0213. The smallest absolute Gasteiger partial charge is 0.245 e. The molecule has 5 heteroatoms. The quantitative estimate of drug-likeness (QED) is 0.751. The van der Waals surface area contributed by atoms with Crippen molar-refractivity contribution in [3.8, 4) is 0 Å². The first-order valence-corrected chi connectivity index (χ1v) is 6.80. The normalized spacial score (nSPS) is 30.2. The number of carbonyl (C=O) groups excluding carboxylic acids is 2. The summed E-state index contributed by atoms with van der Waals surface area (Å²) in [6.07, 6.45) is 3.83. The Balaban J connectivity index is 1.60. The highest BCUT2D eigenvalue weighted by molar-refractivity contribution is 5.88. The maximum absolute atomic E-state index is 12.3. The molecule has 3 aliphatic rings. The van der Waals surface area contributed by atoms with E-state index in [9.17, 15) is 14.7 Å². The lowest BCUT2D eigenvalue weighted by Gasteiger charge is -2.48. The first-order valence-electron chi connectivity index (χ1n) is 6.80. The SMILES string of the molecule is CC(=O)N1CCCC1C(=O)N1CC(O)(C2CC2)C1. The van der Waals surface area contributed by atoms with Gasteiger partial charge in [0.15, 0.2) is 0 Å². The molecule has 2 heterocycles. The molecule has 0 aromatic rings. The van der Waals surface area contributed by atoms with Gasteiger partial charge in [0.25, 0.3) is 0 Å². The van der Waals surface area contributed by atoms with Gasteiger partial charge >= 0.3 is 0 Å². The van der Waals surface area contributed by atoms with E-state index in [1.807, 2.05) is 0 Å².